The first-order valence-electron chi connectivity index (χ1n) is 11.2. The van der Waals surface area contributed by atoms with Crippen LogP contribution in [-0.4, -0.2) is 0 Å². The normalized spacial score (nSPS) is 10.8. The molecule has 4 aromatic carbocycles. The second-order valence-electron chi connectivity index (χ2n) is 9.05. The van der Waals surface area contributed by atoms with Crippen molar-refractivity contribution in [2.24, 2.45) is 0 Å². The molecule has 0 amide bonds. The standard InChI is InChI=1S/C23H25OP.C7H7O.Zn/c1-17-15-20(23(2,3)4)22(24)21(16-17)25(18-11-7-5-8-12-18)19-13-9-6-10-14-19;8-6-7-4-2-1-3-5-7;/h5-16,24H,1-4H3;1-5H,6H2;/q;-1;+2/p-1. The molecule has 0 saturated carbocycles. The maximum atomic E-state index is 13.4. The van der Waals surface area contributed by atoms with Crippen LogP contribution in [0.2, 0.25) is 0 Å². The summed E-state index contributed by atoms with van der Waals surface area (Å²) < 4.78 is 0. The smallest absolute Gasteiger partial charge is 0.872 e. The van der Waals surface area contributed by atoms with E-state index in [1.54, 1.807) is 0 Å². The van der Waals surface area contributed by atoms with Crippen LogP contribution in [0.5, 0.6) is 5.75 Å². The Bertz CT molecular complexity index is 1100. The molecule has 0 aromatic heterocycles. The summed E-state index contributed by atoms with van der Waals surface area (Å²) in [5, 5.41) is 26.9. The van der Waals surface area contributed by atoms with Gasteiger partial charge >= 0.3 is 19.5 Å². The zero-order valence-corrected chi connectivity index (χ0v) is 24.4. The average Bonchev–Trinajstić information content (AvgIpc) is 2.83. The van der Waals surface area contributed by atoms with Crippen molar-refractivity contribution in [3.8, 4) is 5.75 Å². The van der Waals surface area contributed by atoms with Gasteiger partial charge in [-0.2, -0.15) is 0 Å². The molecule has 0 fully saturated rings. The van der Waals surface area contributed by atoms with E-state index in [0.717, 1.165) is 22.0 Å². The van der Waals surface area contributed by atoms with Crippen LogP contribution in [0.4, 0.5) is 0 Å². The molecule has 0 aliphatic heterocycles. The monoisotopic (exact) mass is 518 g/mol. The van der Waals surface area contributed by atoms with Crippen LogP contribution in [0.15, 0.2) is 103 Å². The molecular weight excluding hydrogens is 489 g/mol. The number of hydrogen-bond donors (Lipinski definition) is 0. The van der Waals surface area contributed by atoms with Gasteiger partial charge in [-0.25, -0.2) is 0 Å². The summed E-state index contributed by atoms with van der Waals surface area (Å²) in [6, 6.07) is 34.2. The van der Waals surface area contributed by atoms with E-state index in [1.807, 2.05) is 42.5 Å². The quantitative estimate of drug-likeness (QED) is 0.291. The molecule has 4 rings (SSSR count). The van der Waals surface area contributed by atoms with Gasteiger partial charge in [0.05, 0.1) is 0 Å². The maximum Gasteiger partial charge on any atom is 2.00 e. The van der Waals surface area contributed by atoms with Crippen LogP contribution < -0.4 is 26.1 Å². The minimum Gasteiger partial charge on any atom is -0.872 e. The van der Waals surface area contributed by atoms with Crippen LogP contribution in [0.3, 0.4) is 0 Å². The van der Waals surface area contributed by atoms with Crippen molar-refractivity contribution in [1.29, 1.82) is 0 Å². The molecule has 4 aromatic rings. The van der Waals surface area contributed by atoms with Crippen molar-refractivity contribution in [3.63, 3.8) is 0 Å². The number of benzene rings is 4. The molecule has 0 N–H and O–H groups in total. The summed E-state index contributed by atoms with van der Waals surface area (Å²) in [6.07, 6.45) is 0. The van der Waals surface area contributed by atoms with E-state index in [9.17, 15) is 10.2 Å². The summed E-state index contributed by atoms with van der Waals surface area (Å²) >= 11 is 0. The first kappa shape index (κ1) is 27.9. The topological polar surface area (TPSA) is 46.1 Å². The van der Waals surface area contributed by atoms with E-state index in [4.69, 9.17) is 0 Å². The van der Waals surface area contributed by atoms with E-state index >= 15 is 0 Å². The summed E-state index contributed by atoms with van der Waals surface area (Å²) in [5.41, 5.74) is 2.75. The van der Waals surface area contributed by atoms with E-state index in [2.05, 4.69) is 88.4 Å². The summed E-state index contributed by atoms with van der Waals surface area (Å²) in [6.45, 7) is 8.31. The third kappa shape index (κ3) is 7.34. The third-order valence-corrected chi connectivity index (χ3v) is 7.74. The van der Waals surface area contributed by atoms with Gasteiger partial charge in [0.1, 0.15) is 0 Å². The maximum absolute atomic E-state index is 13.4. The van der Waals surface area contributed by atoms with Crippen molar-refractivity contribution in [3.05, 3.63) is 120 Å². The van der Waals surface area contributed by atoms with Crippen molar-refractivity contribution >= 4 is 23.8 Å². The Kier molecular flexibility index (Phi) is 10.6. The van der Waals surface area contributed by atoms with Gasteiger partial charge in [-0.15, -0.1) is 6.61 Å². The Labute approximate surface area is 218 Å². The fraction of sp³-hybridized carbons (Fsp3) is 0.200. The van der Waals surface area contributed by atoms with Crippen molar-refractivity contribution < 1.29 is 29.7 Å². The number of hydrogen-bond acceptors (Lipinski definition) is 2. The van der Waals surface area contributed by atoms with Gasteiger partial charge in [0.2, 0.25) is 0 Å². The van der Waals surface area contributed by atoms with Crippen LogP contribution >= 0.6 is 7.92 Å². The van der Waals surface area contributed by atoms with Crippen molar-refractivity contribution in [2.45, 2.75) is 39.7 Å². The summed E-state index contributed by atoms with van der Waals surface area (Å²) in [7, 11) is -0.859. The Morgan fingerprint density at radius 2 is 1.15 bits per heavy atom. The van der Waals surface area contributed by atoms with E-state index in [0.29, 0.717) is 0 Å². The van der Waals surface area contributed by atoms with Gasteiger partial charge in [0.25, 0.3) is 0 Å². The molecule has 0 heterocycles. The zero-order chi connectivity index (χ0) is 23.8. The Hall–Kier alpha value is -2.31. The first-order valence-corrected chi connectivity index (χ1v) is 12.5. The van der Waals surface area contributed by atoms with Gasteiger partial charge in [-0.3, -0.25) is 0 Å². The molecule has 0 saturated heterocycles. The summed E-state index contributed by atoms with van der Waals surface area (Å²) in [4.78, 5) is 0. The SMILES string of the molecule is Cc1cc(P(c2ccccc2)c2ccccc2)c([O-])c(C(C)(C)C)c1.[O-]Cc1ccccc1.[Zn+2]. The Balaban J connectivity index is 0.000000386. The van der Waals surface area contributed by atoms with Crippen LogP contribution in [0.25, 0.3) is 0 Å². The fourth-order valence-corrected chi connectivity index (χ4v) is 6.08. The van der Waals surface area contributed by atoms with Crippen LogP contribution in [0.1, 0.15) is 37.5 Å². The molecular formula is C30H31O2PZn. The largest absolute Gasteiger partial charge is 2.00 e. The second kappa shape index (κ2) is 13.0. The van der Waals surface area contributed by atoms with E-state index in [-0.39, 0.29) is 37.2 Å². The molecule has 0 bridgehead atoms. The second-order valence-corrected chi connectivity index (χ2v) is 11.2. The molecule has 0 aliphatic carbocycles. The number of rotatable bonds is 4. The molecule has 2 nitrogen and oxygen atoms in total. The molecule has 170 valence electrons. The third-order valence-electron chi connectivity index (χ3n) is 5.30. The minimum atomic E-state index is -0.859. The molecule has 0 radical (unpaired) electrons. The molecule has 4 heteroatoms. The molecule has 0 aliphatic rings. The predicted octanol–water partition coefficient (Wildman–Crippen LogP) is 4.67. The fourth-order valence-electron chi connectivity index (χ4n) is 3.63. The average molecular weight is 520 g/mol. The van der Waals surface area contributed by atoms with Gasteiger partial charge in [-0.05, 0) is 41.7 Å². The van der Waals surface area contributed by atoms with Crippen molar-refractivity contribution in [2.75, 3.05) is 0 Å². The molecule has 34 heavy (non-hydrogen) atoms. The predicted molar refractivity (Wildman–Crippen MR) is 138 cm³/mol. The van der Waals surface area contributed by atoms with Gasteiger partial charge < -0.3 is 10.2 Å². The summed E-state index contributed by atoms with van der Waals surface area (Å²) in [5.74, 6) is 0.192. The van der Waals surface area contributed by atoms with Crippen LogP contribution in [-0.2, 0) is 31.5 Å². The van der Waals surface area contributed by atoms with Crippen molar-refractivity contribution in [1.82, 2.24) is 0 Å². The van der Waals surface area contributed by atoms with Gasteiger partial charge in [0.15, 0.2) is 0 Å². The first-order chi connectivity index (χ1) is 15.8. The van der Waals surface area contributed by atoms with E-state index < -0.39 is 7.92 Å². The molecule has 0 unspecified atom stereocenters. The molecule has 0 spiro atoms. The molecule has 0 atom stereocenters. The van der Waals surface area contributed by atoms with Gasteiger partial charge in [0, 0.05) is 0 Å². The zero-order valence-electron chi connectivity index (χ0n) is 20.5. The Morgan fingerprint density at radius 3 is 1.53 bits per heavy atom. The van der Waals surface area contributed by atoms with Gasteiger partial charge in [-0.1, -0.05) is 141 Å². The minimum absolute atomic E-state index is 0. The Morgan fingerprint density at radius 1 is 0.706 bits per heavy atom. The number of aryl methyl sites for hydroxylation is 1. The van der Waals surface area contributed by atoms with Crippen LogP contribution in [0, 0.1) is 6.92 Å². The van der Waals surface area contributed by atoms with E-state index in [1.165, 1.54) is 10.6 Å².